The SMILES string of the molecule is CCNCc1cccn1Cc1cc(F)ccc1F. The molecule has 0 bridgehead atoms. The minimum atomic E-state index is -0.410. The summed E-state index contributed by atoms with van der Waals surface area (Å²) < 4.78 is 28.6. The van der Waals surface area contributed by atoms with E-state index in [-0.39, 0.29) is 5.82 Å². The van der Waals surface area contributed by atoms with Gasteiger partial charge in [0.25, 0.3) is 0 Å². The Morgan fingerprint density at radius 3 is 2.83 bits per heavy atom. The van der Waals surface area contributed by atoms with Crippen molar-refractivity contribution in [2.45, 2.75) is 20.0 Å². The minimum absolute atomic E-state index is 0.345. The molecule has 0 atom stereocenters. The fraction of sp³-hybridized carbons (Fsp3) is 0.286. The van der Waals surface area contributed by atoms with Crippen molar-refractivity contribution in [2.75, 3.05) is 6.54 Å². The van der Waals surface area contributed by atoms with E-state index in [4.69, 9.17) is 0 Å². The van der Waals surface area contributed by atoms with Gasteiger partial charge in [0.2, 0.25) is 0 Å². The average molecular weight is 250 g/mol. The third kappa shape index (κ3) is 2.96. The number of benzene rings is 1. The maximum atomic E-state index is 13.5. The number of aromatic nitrogens is 1. The number of rotatable bonds is 5. The molecule has 0 amide bonds. The van der Waals surface area contributed by atoms with Crippen LogP contribution in [0.5, 0.6) is 0 Å². The summed E-state index contributed by atoms with van der Waals surface area (Å²) in [5, 5.41) is 3.21. The van der Waals surface area contributed by atoms with Gasteiger partial charge in [0.15, 0.2) is 0 Å². The van der Waals surface area contributed by atoms with Crippen LogP contribution in [0.2, 0.25) is 0 Å². The predicted molar refractivity (Wildman–Crippen MR) is 67.3 cm³/mol. The molecule has 0 aliphatic carbocycles. The highest BCUT2D eigenvalue weighted by Crippen LogP contribution is 2.13. The molecule has 0 fully saturated rings. The molecule has 18 heavy (non-hydrogen) atoms. The first-order valence-electron chi connectivity index (χ1n) is 5.99. The van der Waals surface area contributed by atoms with Crippen LogP contribution in [0.25, 0.3) is 0 Å². The van der Waals surface area contributed by atoms with E-state index in [1.54, 1.807) is 0 Å². The summed E-state index contributed by atoms with van der Waals surface area (Å²) in [5.74, 6) is -0.786. The Labute approximate surface area is 105 Å². The molecule has 2 rings (SSSR count). The first kappa shape index (κ1) is 12.8. The summed E-state index contributed by atoms with van der Waals surface area (Å²) in [5.41, 5.74) is 1.42. The van der Waals surface area contributed by atoms with E-state index in [9.17, 15) is 8.78 Å². The molecule has 0 saturated heterocycles. The van der Waals surface area contributed by atoms with E-state index >= 15 is 0 Å². The number of hydrogen-bond donors (Lipinski definition) is 1. The van der Waals surface area contributed by atoms with Gasteiger partial charge >= 0.3 is 0 Å². The summed E-state index contributed by atoms with van der Waals surface area (Å²) in [6, 6.07) is 7.42. The molecule has 0 aliphatic heterocycles. The van der Waals surface area contributed by atoms with E-state index in [0.717, 1.165) is 30.9 Å². The molecule has 0 spiro atoms. The van der Waals surface area contributed by atoms with Gasteiger partial charge in [-0.05, 0) is 36.9 Å². The lowest BCUT2D eigenvalue weighted by Gasteiger charge is -2.10. The van der Waals surface area contributed by atoms with Gasteiger partial charge in [0, 0.05) is 24.0 Å². The number of hydrogen-bond acceptors (Lipinski definition) is 1. The van der Waals surface area contributed by atoms with E-state index in [2.05, 4.69) is 5.32 Å². The van der Waals surface area contributed by atoms with Gasteiger partial charge in [-0.3, -0.25) is 0 Å². The van der Waals surface area contributed by atoms with Crippen LogP contribution >= 0.6 is 0 Å². The zero-order chi connectivity index (χ0) is 13.0. The highest BCUT2D eigenvalue weighted by molar-refractivity contribution is 5.20. The summed E-state index contributed by atoms with van der Waals surface area (Å²) in [6.07, 6.45) is 1.87. The van der Waals surface area contributed by atoms with Gasteiger partial charge in [0.1, 0.15) is 11.6 Å². The second-order valence-corrected chi connectivity index (χ2v) is 4.14. The van der Waals surface area contributed by atoms with Crippen LogP contribution in [0.4, 0.5) is 8.78 Å². The van der Waals surface area contributed by atoms with Crippen molar-refractivity contribution < 1.29 is 8.78 Å². The van der Waals surface area contributed by atoms with Gasteiger partial charge in [-0.1, -0.05) is 6.92 Å². The van der Waals surface area contributed by atoms with Gasteiger partial charge < -0.3 is 9.88 Å². The highest BCUT2D eigenvalue weighted by atomic mass is 19.1. The average Bonchev–Trinajstić information content (AvgIpc) is 2.79. The van der Waals surface area contributed by atoms with Crippen LogP contribution in [0.1, 0.15) is 18.2 Å². The van der Waals surface area contributed by atoms with Crippen LogP contribution in [-0.2, 0) is 13.1 Å². The fourth-order valence-electron chi connectivity index (χ4n) is 1.87. The quantitative estimate of drug-likeness (QED) is 0.863. The first-order valence-corrected chi connectivity index (χ1v) is 5.99. The molecule has 1 N–H and O–H groups in total. The second-order valence-electron chi connectivity index (χ2n) is 4.14. The van der Waals surface area contributed by atoms with Crippen molar-refractivity contribution in [3.05, 3.63) is 59.4 Å². The first-order chi connectivity index (χ1) is 8.70. The summed E-state index contributed by atoms with van der Waals surface area (Å²) in [7, 11) is 0. The second kappa shape index (κ2) is 5.78. The molecule has 1 aromatic carbocycles. The van der Waals surface area contributed by atoms with E-state index in [1.165, 1.54) is 6.07 Å². The number of nitrogens with zero attached hydrogens (tertiary/aromatic N) is 1. The van der Waals surface area contributed by atoms with Crippen LogP contribution in [0.15, 0.2) is 36.5 Å². The third-order valence-corrected chi connectivity index (χ3v) is 2.83. The van der Waals surface area contributed by atoms with E-state index in [1.807, 2.05) is 29.8 Å². The zero-order valence-electron chi connectivity index (χ0n) is 10.3. The Balaban J connectivity index is 2.18. The van der Waals surface area contributed by atoms with Gasteiger partial charge in [-0.25, -0.2) is 8.78 Å². The van der Waals surface area contributed by atoms with Crippen LogP contribution in [0.3, 0.4) is 0 Å². The molecule has 2 nitrogen and oxygen atoms in total. The normalized spacial score (nSPS) is 10.8. The number of nitrogens with one attached hydrogen (secondary N) is 1. The standard InChI is InChI=1S/C14H16F2N2/c1-2-17-9-13-4-3-7-18(13)10-11-8-12(15)5-6-14(11)16/h3-8,17H,2,9-10H2,1H3. The lowest BCUT2D eigenvalue weighted by atomic mass is 10.2. The molecule has 96 valence electrons. The molecule has 1 heterocycles. The molecule has 0 saturated carbocycles. The lowest BCUT2D eigenvalue weighted by Crippen LogP contribution is -2.15. The monoisotopic (exact) mass is 250 g/mol. The Kier molecular flexibility index (Phi) is 4.10. The summed E-state index contributed by atoms with van der Waals surface area (Å²) in [6.45, 7) is 3.97. The number of halogens is 2. The van der Waals surface area contributed by atoms with Gasteiger partial charge in [0.05, 0.1) is 6.54 Å². The van der Waals surface area contributed by atoms with Crippen molar-refractivity contribution >= 4 is 0 Å². The Morgan fingerprint density at radius 1 is 1.22 bits per heavy atom. The Bertz CT molecular complexity index is 520. The van der Waals surface area contributed by atoms with Crippen LogP contribution < -0.4 is 5.32 Å². The lowest BCUT2D eigenvalue weighted by molar-refractivity contribution is 0.571. The molecule has 2 aromatic rings. The zero-order valence-corrected chi connectivity index (χ0v) is 10.3. The van der Waals surface area contributed by atoms with E-state index < -0.39 is 5.82 Å². The fourth-order valence-corrected chi connectivity index (χ4v) is 1.87. The largest absolute Gasteiger partial charge is 0.346 e. The molecule has 1 aromatic heterocycles. The van der Waals surface area contributed by atoms with Crippen molar-refractivity contribution in [1.82, 2.24) is 9.88 Å². The van der Waals surface area contributed by atoms with Crippen LogP contribution in [-0.4, -0.2) is 11.1 Å². The van der Waals surface area contributed by atoms with Gasteiger partial charge in [-0.15, -0.1) is 0 Å². The third-order valence-electron chi connectivity index (χ3n) is 2.83. The van der Waals surface area contributed by atoms with Crippen molar-refractivity contribution in [2.24, 2.45) is 0 Å². The maximum absolute atomic E-state index is 13.5. The van der Waals surface area contributed by atoms with Crippen LogP contribution in [0, 0.1) is 11.6 Å². The maximum Gasteiger partial charge on any atom is 0.128 e. The topological polar surface area (TPSA) is 17.0 Å². The molecule has 0 unspecified atom stereocenters. The van der Waals surface area contributed by atoms with E-state index in [0.29, 0.717) is 12.1 Å². The predicted octanol–water partition coefficient (Wildman–Crippen LogP) is 2.92. The Hall–Kier alpha value is -1.68. The Morgan fingerprint density at radius 2 is 2.06 bits per heavy atom. The molecule has 4 heteroatoms. The molecule has 0 radical (unpaired) electrons. The van der Waals surface area contributed by atoms with Crippen molar-refractivity contribution in [1.29, 1.82) is 0 Å². The van der Waals surface area contributed by atoms with Gasteiger partial charge in [-0.2, -0.15) is 0 Å². The highest BCUT2D eigenvalue weighted by Gasteiger charge is 2.07. The van der Waals surface area contributed by atoms with Crippen molar-refractivity contribution in [3.63, 3.8) is 0 Å². The smallest absolute Gasteiger partial charge is 0.128 e. The summed E-state index contributed by atoms with van der Waals surface area (Å²) >= 11 is 0. The van der Waals surface area contributed by atoms with Crippen molar-refractivity contribution in [3.8, 4) is 0 Å². The minimum Gasteiger partial charge on any atom is -0.346 e. The summed E-state index contributed by atoms with van der Waals surface area (Å²) in [4.78, 5) is 0. The molecule has 0 aliphatic rings. The molecular weight excluding hydrogens is 234 g/mol. The molecular formula is C14H16F2N2.